The first-order chi connectivity index (χ1) is 12.8. The molecule has 0 unspecified atom stereocenters. The fraction of sp³-hybridized carbons (Fsp3) is 0.200. The van der Waals surface area contributed by atoms with Gasteiger partial charge in [-0.05, 0) is 49.7 Å². The number of hydrogen-bond donors (Lipinski definition) is 0. The summed E-state index contributed by atoms with van der Waals surface area (Å²) < 4.78 is 20.6. The minimum Gasteiger partial charge on any atom is -0.453 e. The minimum atomic E-state index is -0.569. The summed E-state index contributed by atoms with van der Waals surface area (Å²) >= 11 is 6.90. The molecule has 0 aliphatic heterocycles. The van der Waals surface area contributed by atoms with Gasteiger partial charge in [-0.25, -0.2) is 9.18 Å². The van der Waals surface area contributed by atoms with Gasteiger partial charge in [-0.15, -0.1) is 11.3 Å². The van der Waals surface area contributed by atoms with Gasteiger partial charge in [0.25, 0.3) is 0 Å². The molecule has 0 N–H and O–H groups in total. The Kier molecular flexibility index (Phi) is 5.77. The second-order valence-electron chi connectivity index (χ2n) is 6.10. The lowest BCUT2D eigenvalue weighted by molar-refractivity contribution is 0.0479. The Morgan fingerprint density at radius 2 is 1.85 bits per heavy atom. The fourth-order valence-corrected chi connectivity index (χ4v) is 3.74. The van der Waals surface area contributed by atoms with E-state index in [1.54, 1.807) is 30.3 Å². The number of aromatic nitrogens is 1. The number of nitrogens with zero attached hydrogens (tertiary/aromatic N) is 1. The number of hydrogen-bond acceptors (Lipinski definition) is 4. The zero-order chi connectivity index (χ0) is 19.6. The van der Waals surface area contributed by atoms with E-state index in [0.717, 1.165) is 28.3 Å². The van der Waals surface area contributed by atoms with Crippen LogP contribution in [0.25, 0.3) is 0 Å². The summed E-state index contributed by atoms with van der Waals surface area (Å²) in [7, 11) is 0. The molecule has 1 aromatic carbocycles. The van der Waals surface area contributed by atoms with Crippen LogP contribution in [0.15, 0.2) is 42.5 Å². The van der Waals surface area contributed by atoms with Crippen molar-refractivity contribution < 1.29 is 18.7 Å². The Bertz CT molecular complexity index is 991. The molecular formula is C20H17ClFNO3S. The van der Waals surface area contributed by atoms with Gasteiger partial charge in [0.15, 0.2) is 6.61 Å². The molecule has 0 saturated carbocycles. The van der Waals surface area contributed by atoms with E-state index in [1.807, 2.05) is 18.4 Å². The quantitative estimate of drug-likeness (QED) is 0.426. The number of esters is 1. The molecule has 2 aromatic heterocycles. The summed E-state index contributed by atoms with van der Waals surface area (Å²) in [6.07, 6.45) is 0. The molecule has 7 heteroatoms. The van der Waals surface area contributed by atoms with Gasteiger partial charge in [0, 0.05) is 23.5 Å². The van der Waals surface area contributed by atoms with Crippen LogP contribution in [0, 0.1) is 19.7 Å². The van der Waals surface area contributed by atoms with Crippen LogP contribution in [0.1, 0.15) is 37.0 Å². The van der Waals surface area contributed by atoms with Crippen molar-refractivity contribution in [1.29, 1.82) is 0 Å². The standard InChI is InChI=1S/C20H17ClFNO3S/c1-12-9-16(13(2)23(12)10-14-3-5-15(22)6-4-14)17(24)11-26-20(25)18-7-8-19(21)27-18/h3-9H,10-11H2,1-2H3. The Hall–Kier alpha value is -2.44. The largest absolute Gasteiger partial charge is 0.453 e. The predicted molar refractivity (Wildman–Crippen MR) is 103 cm³/mol. The normalized spacial score (nSPS) is 10.8. The zero-order valence-corrected chi connectivity index (χ0v) is 16.4. The van der Waals surface area contributed by atoms with Gasteiger partial charge in [0.05, 0.1) is 4.34 Å². The van der Waals surface area contributed by atoms with Gasteiger partial charge in [-0.3, -0.25) is 4.79 Å². The average molecular weight is 406 g/mol. The van der Waals surface area contributed by atoms with Gasteiger partial charge in [0.1, 0.15) is 10.7 Å². The highest BCUT2D eigenvalue weighted by Crippen LogP contribution is 2.22. The Morgan fingerprint density at radius 1 is 1.15 bits per heavy atom. The topological polar surface area (TPSA) is 48.3 Å². The van der Waals surface area contributed by atoms with E-state index in [4.69, 9.17) is 16.3 Å². The molecule has 0 aliphatic rings. The molecule has 0 radical (unpaired) electrons. The van der Waals surface area contributed by atoms with Crippen LogP contribution in [0.3, 0.4) is 0 Å². The summed E-state index contributed by atoms with van der Waals surface area (Å²) in [5.74, 6) is -1.13. The van der Waals surface area contributed by atoms with E-state index < -0.39 is 5.97 Å². The molecule has 4 nitrogen and oxygen atoms in total. The monoisotopic (exact) mass is 405 g/mol. The first-order valence-electron chi connectivity index (χ1n) is 8.22. The van der Waals surface area contributed by atoms with E-state index in [-0.39, 0.29) is 18.2 Å². The smallest absolute Gasteiger partial charge is 0.348 e. The Labute approximate surface area is 165 Å². The zero-order valence-electron chi connectivity index (χ0n) is 14.8. The number of halogens is 2. The third kappa shape index (κ3) is 4.46. The van der Waals surface area contributed by atoms with Crippen LogP contribution in [-0.4, -0.2) is 22.9 Å². The summed E-state index contributed by atoms with van der Waals surface area (Å²) in [6.45, 7) is 3.92. The fourth-order valence-electron chi connectivity index (χ4n) is 2.80. The van der Waals surface area contributed by atoms with Crippen molar-refractivity contribution >= 4 is 34.7 Å². The number of carbonyl (C=O) groups excluding carboxylic acids is 2. The van der Waals surface area contributed by atoms with Crippen molar-refractivity contribution in [2.45, 2.75) is 20.4 Å². The lowest BCUT2D eigenvalue weighted by atomic mass is 10.1. The first kappa shape index (κ1) is 19.3. The minimum absolute atomic E-state index is 0.274. The Morgan fingerprint density at radius 3 is 2.48 bits per heavy atom. The van der Waals surface area contributed by atoms with Crippen LogP contribution in [0.4, 0.5) is 4.39 Å². The van der Waals surface area contributed by atoms with Crippen molar-refractivity contribution in [2.75, 3.05) is 6.61 Å². The number of carbonyl (C=O) groups is 2. The van der Waals surface area contributed by atoms with E-state index in [1.165, 1.54) is 12.1 Å². The number of ether oxygens (including phenoxy) is 1. The summed E-state index contributed by atoms with van der Waals surface area (Å²) in [4.78, 5) is 24.8. The van der Waals surface area contributed by atoms with Crippen LogP contribution in [0.5, 0.6) is 0 Å². The maximum atomic E-state index is 13.1. The predicted octanol–water partition coefficient (Wildman–Crippen LogP) is 5.05. The molecule has 0 amide bonds. The van der Waals surface area contributed by atoms with Crippen molar-refractivity contribution in [3.8, 4) is 0 Å². The highest BCUT2D eigenvalue weighted by atomic mass is 35.5. The molecule has 0 atom stereocenters. The van der Waals surface area contributed by atoms with Gasteiger partial charge in [-0.1, -0.05) is 23.7 Å². The number of rotatable bonds is 6. The molecule has 2 heterocycles. The SMILES string of the molecule is Cc1cc(C(=O)COC(=O)c2ccc(Cl)s2)c(C)n1Cc1ccc(F)cc1. The highest BCUT2D eigenvalue weighted by Gasteiger charge is 2.18. The third-order valence-electron chi connectivity index (χ3n) is 4.24. The Balaban J connectivity index is 1.70. The van der Waals surface area contributed by atoms with E-state index in [9.17, 15) is 14.0 Å². The maximum absolute atomic E-state index is 13.1. The van der Waals surface area contributed by atoms with E-state index in [2.05, 4.69) is 0 Å². The van der Waals surface area contributed by atoms with Crippen LogP contribution in [0.2, 0.25) is 4.34 Å². The van der Waals surface area contributed by atoms with E-state index >= 15 is 0 Å². The first-order valence-corrected chi connectivity index (χ1v) is 9.41. The van der Waals surface area contributed by atoms with E-state index in [0.29, 0.717) is 21.3 Å². The lowest BCUT2D eigenvalue weighted by Crippen LogP contribution is -2.14. The number of benzene rings is 1. The number of aryl methyl sites for hydroxylation is 1. The van der Waals surface area contributed by atoms with Gasteiger partial charge >= 0.3 is 5.97 Å². The average Bonchev–Trinajstić information content (AvgIpc) is 3.19. The van der Waals surface area contributed by atoms with Gasteiger partial charge in [0.2, 0.25) is 5.78 Å². The molecule has 0 bridgehead atoms. The second-order valence-corrected chi connectivity index (χ2v) is 7.82. The second kappa shape index (κ2) is 8.06. The van der Waals surface area contributed by atoms with Crippen molar-refractivity contribution in [3.05, 3.63) is 80.0 Å². The highest BCUT2D eigenvalue weighted by molar-refractivity contribution is 7.17. The molecule has 0 aliphatic carbocycles. The van der Waals surface area contributed by atoms with Crippen molar-refractivity contribution in [1.82, 2.24) is 4.57 Å². The van der Waals surface area contributed by atoms with Crippen molar-refractivity contribution in [3.63, 3.8) is 0 Å². The molecule has 3 aromatic rings. The molecule has 3 rings (SSSR count). The molecule has 0 spiro atoms. The summed E-state index contributed by atoms with van der Waals surface area (Å²) in [6, 6.07) is 11.2. The molecule has 140 valence electrons. The molecule has 27 heavy (non-hydrogen) atoms. The molecular weight excluding hydrogens is 389 g/mol. The molecule has 0 fully saturated rings. The van der Waals surface area contributed by atoms with Crippen LogP contribution >= 0.6 is 22.9 Å². The molecule has 0 saturated heterocycles. The van der Waals surface area contributed by atoms with Crippen LogP contribution < -0.4 is 0 Å². The summed E-state index contributed by atoms with van der Waals surface area (Å²) in [5, 5.41) is 0. The number of Topliss-reactive ketones (excluding diaryl/α,β-unsaturated/α-hetero) is 1. The van der Waals surface area contributed by atoms with Crippen LogP contribution in [-0.2, 0) is 11.3 Å². The third-order valence-corrected chi connectivity index (χ3v) is 5.45. The number of ketones is 1. The van der Waals surface area contributed by atoms with Gasteiger partial charge < -0.3 is 9.30 Å². The van der Waals surface area contributed by atoms with Gasteiger partial charge in [-0.2, -0.15) is 0 Å². The maximum Gasteiger partial charge on any atom is 0.348 e. The number of thiophene rings is 1. The van der Waals surface area contributed by atoms with Crippen molar-refractivity contribution in [2.24, 2.45) is 0 Å². The summed E-state index contributed by atoms with van der Waals surface area (Å²) in [5.41, 5.74) is 3.11. The lowest BCUT2D eigenvalue weighted by Gasteiger charge is -2.10.